The molecule has 10 heteroatoms. The van der Waals surface area contributed by atoms with Crippen molar-refractivity contribution in [2.24, 2.45) is 0 Å². The van der Waals surface area contributed by atoms with Gasteiger partial charge in [0.05, 0.1) is 5.69 Å². The van der Waals surface area contributed by atoms with Gasteiger partial charge >= 0.3 is 6.09 Å². The lowest BCUT2D eigenvalue weighted by Gasteiger charge is -2.33. The van der Waals surface area contributed by atoms with Crippen LogP contribution in [0, 0.1) is 5.82 Å². The Morgan fingerprint density at radius 2 is 1.93 bits per heavy atom. The van der Waals surface area contributed by atoms with Gasteiger partial charge in [-0.05, 0) is 39.0 Å². The Hall–Kier alpha value is -3.27. The van der Waals surface area contributed by atoms with Crippen LogP contribution in [0.25, 0.3) is 10.3 Å². The van der Waals surface area contributed by atoms with Gasteiger partial charge in [0, 0.05) is 24.6 Å². The Kier molecular flexibility index (Phi) is 5.38. The number of benzene rings is 1. The molecule has 0 spiro atoms. The van der Waals surface area contributed by atoms with Crippen molar-refractivity contribution in [2.75, 3.05) is 10.2 Å². The number of rotatable bonds is 4. The summed E-state index contributed by atoms with van der Waals surface area (Å²) >= 11 is 1.19. The first-order valence-electron chi connectivity index (χ1n) is 8.60. The number of thiazole rings is 1. The fraction of sp³-hybridized carbons (Fsp3) is 0.263. The molecule has 1 aromatic carbocycles. The van der Waals surface area contributed by atoms with Crippen LogP contribution in [0.2, 0.25) is 0 Å². The van der Waals surface area contributed by atoms with E-state index in [1.54, 1.807) is 32.9 Å². The molecule has 0 aliphatic heterocycles. The summed E-state index contributed by atoms with van der Waals surface area (Å²) in [6, 6.07) is 7.12. The van der Waals surface area contributed by atoms with E-state index in [2.05, 4.69) is 15.3 Å². The number of hydrogen-bond donors (Lipinski definition) is 2. The minimum absolute atomic E-state index is 0.116. The molecule has 29 heavy (non-hydrogen) atoms. The maximum atomic E-state index is 14.3. The minimum Gasteiger partial charge on any atom is -0.465 e. The highest BCUT2D eigenvalue weighted by Crippen LogP contribution is 2.33. The average molecular weight is 418 g/mol. The summed E-state index contributed by atoms with van der Waals surface area (Å²) in [4.78, 5) is 32.9. The Bertz CT molecular complexity index is 1090. The van der Waals surface area contributed by atoms with Crippen LogP contribution in [-0.2, 0) is 4.79 Å². The largest absolute Gasteiger partial charge is 0.465 e. The number of halogens is 1. The SMILES string of the molecule is CC(=O)Nc1nc2ccc(Oc3ccc(F)c(N(C(=O)O)C(C)(C)C)c3)nc2s1. The number of anilines is 2. The zero-order valence-electron chi connectivity index (χ0n) is 16.2. The number of ether oxygens (including phenoxy) is 1. The molecule has 2 heterocycles. The zero-order chi connectivity index (χ0) is 21.3. The number of hydrogen-bond acceptors (Lipinski definition) is 6. The van der Waals surface area contributed by atoms with Crippen molar-refractivity contribution >= 4 is 44.5 Å². The van der Waals surface area contributed by atoms with Crippen molar-refractivity contribution in [3.8, 4) is 11.6 Å². The number of carbonyl (C=O) groups excluding carboxylic acids is 1. The van der Waals surface area contributed by atoms with Gasteiger partial charge in [-0.1, -0.05) is 11.3 Å². The maximum absolute atomic E-state index is 14.3. The highest BCUT2D eigenvalue weighted by molar-refractivity contribution is 7.21. The third-order valence-corrected chi connectivity index (χ3v) is 4.64. The number of amides is 2. The molecule has 0 unspecified atom stereocenters. The van der Waals surface area contributed by atoms with Gasteiger partial charge in [-0.25, -0.2) is 19.2 Å². The number of nitrogens with one attached hydrogen (secondary N) is 1. The summed E-state index contributed by atoms with van der Waals surface area (Å²) in [6.45, 7) is 6.39. The van der Waals surface area contributed by atoms with Gasteiger partial charge in [0.15, 0.2) is 5.13 Å². The van der Waals surface area contributed by atoms with Crippen molar-refractivity contribution in [1.29, 1.82) is 0 Å². The molecule has 0 saturated carbocycles. The molecule has 2 N–H and O–H groups in total. The van der Waals surface area contributed by atoms with Crippen molar-refractivity contribution < 1.29 is 23.8 Å². The fourth-order valence-corrected chi connectivity index (χ4v) is 3.54. The number of pyridine rings is 1. The van der Waals surface area contributed by atoms with E-state index in [1.807, 2.05) is 0 Å². The number of fused-ring (bicyclic) bond motifs is 1. The summed E-state index contributed by atoms with van der Waals surface area (Å²) in [5, 5.41) is 12.5. The monoisotopic (exact) mass is 418 g/mol. The zero-order valence-corrected chi connectivity index (χ0v) is 17.0. The smallest absolute Gasteiger partial charge is 0.412 e. The van der Waals surface area contributed by atoms with E-state index in [4.69, 9.17) is 4.74 Å². The summed E-state index contributed by atoms with van der Waals surface area (Å²) in [6.07, 6.45) is -1.27. The lowest BCUT2D eigenvalue weighted by molar-refractivity contribution is -0.114. The molecule has 0 radical (unpaired) electrons. The van der Waals surface area contributed by atoms with Gasteiger partial charge in [0.25, 0.3) is 0 Å². The van der Waals surface area contributed by atoms with Gasteiger partial charge in [-0.2, -0.15) is 0 Å². The summed E-state index contributed by atoms with van der Waals surface area (Å²) in [5.41, 5.74) is -0.379. The molecule has 3 rings (SSSR count). The Balaban J connectivity index is 1.92. The van der Waals surface area contributed by atoms with Crippen LogP contribution in [0.4, 0.5) is 20.0 Å². The average Bonchev–Trinajstić information content (AvgIpc) is 2.97. The topological polar surface area (TPSA) is 105 Å². The van der Waals surface area contributed by atoms with Crippen molar-refractivity contribution in [1.82, 2.24) is 9.97 Å². The van der Waals surface area contributed by atoms with E-state index in [0.717, 1.165) is 11.0 Å². The molecule has 0 fully saturated rings. The first-order chi connectivity index (χ1) is 13.5. The number of nitrogens with zero attached hydrogens (tertiary/aromatic N) is 3. The third-order valence-electron chi connectivity index (χ3n) is 3.76. The van der Waals surface area contributed by atoms with Gasteiger partial charge in [-0.3, -0.25) is 9.69 Å². The molecule has 2 aromatic heterocycles. The normalized spacial score (nSPS) is 11.3. The fourth-order valence-electron chi connectivity index (χ4n) is 2.66. The molecule has 0 saturated heterocycles. The second-order valence-corrected chi connectivity index (χ2v) is 8.16. The predicted molar refractivity (Wildman–Crippen MR) is 108 cm³/mol. The van der Waals surface area contributed by atoms with E-state index < -0.39 is 17.4 Å². The highest BCUT2D eigenvalue weighted by Gasteiger charge is 2.30. The maximum Gasteiger partial charge on any atom is 0.412 e. The van der Waals surface area contributed by atoms with E-state index in [0.29, 0.717) is 15.5 Å². The molecular weight excluding hydrogens is 399 g/mol. The highest BCUT2D eigenvalue weighted by atomic mass is 32.1. The van der Waals surface area contributed by atoms with Gasteiger partial charge in [0.1, 0.15) is 21.9 Å². The molecule has 8 nitrogen and oxygen atoms in total. The number of carboxylic acid groups (broad SMARTS) is 1. The van der Waals surface area contributed by atoms with Crippen LogP contribution in [0.15, 0.2) is 30.3 Å². The van der Waals surface area contributed by atoms with E-state index in [1.165, 1.54) is 30.4 Å². The van der Waals surface area contributed by atoms with Crippen LogP contribution in [0.1, 0.15) is 27.7 Å². The Labute approximate surface area is 170 Å². The third kappa shape index (κ3) is 4.60. The minimum atomic E-state index is -1.27. The van der Waals surface area contributed by atoms with Crippen molar-refractivity contribution in [3.05, 3.63) is 36.1 Å². The van der Waals surface area contributed by atoms with Crippen LogP contribution in [0.3, 0.4) is 0 Å². The predicted octanol–water partition coefficient (Wildman–Crippen LogP) is 4.86. The molecular formula is C19H19FN4O4S. The van der Waals surface area contributed by atoms with Gasteiger partial charge in [0.2, 0.25) is 11.8 Å². The van der Waals surface area contributed by atoms with Crippen LogP contribution < -0.4 is 15.0 Å². The molecule has 2 amide bonds. The van der Waals surface area contributed by atoms with E-state index in [9.17, 15) is 19.1 Å². The van der Waals surface area contributed by atoms with Gasteiger partial charge < -0.3 is 15.2 Å². The van der Waals surface area contributed by atoms with Crippen molar-refractivity contribution in [2.45, 2.75) is 33.2 Å². The second kappa shape index (κ2) is 7.63. The van der Waals surface area contributed by atoms with Crippen LogP contribution in [-0.4, -0.2) is 32.6 Å². The Morgan fingerprint density at radius 3 is 2.55 bits per heavy atom. The molecule has 3 aromatic rings. The molecule has 0 bridgehead atoms. The molecule has 0 aliphatic carbocycles. The molecule has 0 aliphatic rings. The first kappa shape index (κ1) is 20.5. The number of aromatic nitrogens is 2. The molecule has 152 valence electrons. The molecule has 0 atom stereocenters. The van der Waals surface area contributed by atoms with Gasteiger partial charge in [-0.15, -0.1) is 0 Å². The summed E-state index contributed by atoms with van der Waals surface area (Å²) < 4.78 is 20.1. The summed E-state index contributed by atoms with van der Waals surface area (Å²) in [5.74, 6) is -0.456. The number of carbonyl (C=O) groups is 2. The van der Waals surface area contributed by atoms with Crippen LogP contribution >= 0.6 is 11.3 Å². The second-order valence-electron chi connectivity index (χ2n) is 7.18. The van der Waals surface area contributed by atoms with E-state index in [-0.39, 0.29) is 23.2 Å². The quantitative estimate of drug-likeness (QED) is 0.627. The van der Waals surface area contributed by atoms with E-state index >= 15 is 0 Å². The summed E-state index contributed by atoms with van der Waals surface area (Å²) in [7, 11) is 0. The lowest BCUT2D eigenvalue weighted by Crippen LogP contribution is -2.45. The standard InChI is InChI=1S/C19H19FN4O4S/c1-10(25)21-17-22-13-7-8-15(23-16(13)29-17)28-11-5-6-12(20)14(9-11)24(18(26)27)19(2,3)4/h5-9H,1-4H3,(H,26,27)(H,21,22,25). The van der Waals surface area contributed by atoms with Crippen LogP contribution in [0.5, 0.6) is 11.6 Å². The lowest BCUT2D eigenvalue weighted by atomic mass is 10.1. The van der Waals surface area contributed by atoms with Crippen molar-refractivity contribution in [3.63, 3.8) is 0 Å². The Morgan fingerprint density at radius 1 is 1.21 bits per heavy atom. The first-order valence-corrected chi connectivity index (χ1v) is 9.42.